The molecule has 0 spiro atoms. The molecule has 0 amide bonds. The van der Waals surface area contributed by atoms with Crippen LogP contribution in [0, 0.1) is 0 Å². The second-order valence-electron chi connectivity index (χ2n) is 5.51. The van der Waals surface area contributed by atoms with Gasteiger partial charge in [0, 0.05) is 6.42 Å². The van der Waals surface area contributed by atoms with Gasteiger partial charge in [-0.05, 0) is 6.42 Å². The van der Waals surface area contributed by atoms with Gasteiger partial charge >= 0.3 is 59.9 Å². The van der Waals surface area contributed by atoms with Crippen LogP contribution in [0.2, 0.25) is 0 Å². The molecule has 0 aromatic heterocycles. The van der Waals surface area contributed by atoms with Crippen LogP contribution in [0.3, 0.4) is 0 Å². The third-order valence-electron chi connectivity index (χ3n) is 3.36. The summed E-state index contributed by atoms with van der Waals surface area (Å²) < 4.78 is 235. The van der Waals surface area contributed by atoms with Crippen LogP contribution in [-0.2, 0) is 10.1 Å². The molecule has 0 aliphatic rings. The third kappa shape index (κ3) is 5.16. The van der Waals surface area contributed by atoms with Gasteiger partial charge in [-0.2, -0.15) is 65.9 Å². The van der Waals surface area contributed by atoms with Crippen LogP contribution < -0.4 is 18.9 Å². The Bertz CT molecular complexity index is 730. The first-order chi connectivity index (χ1) is 12.6. The van der Waals surface area contributed by atoms with Crippen molar-refractivity contribution in [2.75, 3.05) is 0 Å². The fourth-order valence-corrected chi connectivity index (χ4v) is 2.05. The Labute approximate surface area is 173 Å². The van der Waals surface area contributed by atoms with Crippen LogP contribution in [0.15, 0.2) is 0 Å². The van der Waals surface area contributed by atoms with E-state index in [9.17, 15) is 83.2 Å². The zero-order valence-electron chi connectivity index (χ0n) is 14.2. The van der Waals surface area contributed by atoms with E-state index in [1.807, 2.05) is 0 Å². The zero-order chi connectivity index (χ0) is 25.0. The van der Waals surface area contributed by atoms with Crippen LogP contribution in [0.1, 0.15) is 12.8 Å². The standard InChI is InChI=1S/C10H6F16O3S.Li/c11-3(1-2-4(12,13)14)5(15,16)6(17,18)7(19,20)8(21,22)9(23,24)10(25,26)30(27,28)29;/h3H,1-2H2,(H,27,28,29);/q;+1/p-1. The number of rotatable bonds is 9. The fraction of sp³-hybridized carbons (Fsp3) is 1.00. The molecule has 0 fully saturated rings. The van der Waals surface area contributed by atoms with E-state index < -0.39 is 70.2 Å². The average Bonchev–Trinajstić information content (AvgIpc) is 2.49. The van der Waals surface area contributed by atoms with E-state index in [0.29, 0.717) is 0 Å². The summed E-state index contributed by atoms with van der Waals surface area (Å²) in [5.74, 6) is -40.6. The van der Waals surface area contributed by atoms with Crippen molar-refractivity contribution in [2.45, 2.75) is 60.1 Å². The molecule has 0 N–H and O–H groups in total. The predicted octanol–water partition coefficient (Wildman–Crippen LogP) is 1.99. The number of hydrogen-bond acceptors (Lipinski definition) is 3. The van der Waals surface area contributed by atoms with Crippen LogP contribution in [0.25, 0.3) is 0 Å². The van der Waals surface area contributed by atoms with E-state index in [1.54, 1.807) is 0 Å². The molecule has 0 bridgehead atoms. The van der Waals surface area contributed by atoms with Gasteiger partial charge in [0.2, 0.25) is 0 Å². The summed E-state index contributed by atoms with van der Waals surface area (Å²) in [6.07, 6.45) is -16.1. The summed E-state index contributed by atoms with van der Waals surface area (Å²) in [6, 6.07) is 0. The Hall–Kier alpha value is -0.613. The largest absolute Gasteiger partial charge is 1.00 e. The van der Waals surface area contributed by atoms with Crippen LogP contribution in [0.4, 0.5) is 70.2 Å². The predicted molar refractivity (Wildman–Crippen MR) is 59.6 cm³/mol. The van der Waals surface area contributed by atoms with Crippen molar-refractivity contribution in [3.63, 3.8) is 0 Å². The summed E-state index contributed by atoms with van der Waals surface area (Å²) in [6.45, 7) is 0. The molecule has 0 aliphatic carbocycles. The van der Waals surface area contributed by atoms with Gasteiger partial charge in [0.05, 0.1) is 0 Å². The molecule has 0 saturated heterocycles. The normalized spacial score (nSPS) is 16.7. The van der Waals surface area contributed by atoms with Gasteiger partial charge in [-0.1, -0.05) is 0 Å². The topological polar surface area (TPSA) is 57.2 Å². The van der Waals surface area contributed by atoms with Gasteiger partial charge in [0.1, 0.15) is 0 Å². The molecule has 1 unspecified atom stereocenters. The average molecular weight is 516 g/mol. The number of hydrogen-bond donors (Lipinski definition) is 0. The molecule has 0 saturated carbocycles. The molecule has 0 radical (unpaired) electrons. The summed E-state index contributed by atoms with van der Waals surface area (Å²) in [7, 11) is -8.00. The molecule has 0 aliphatic heterocycles. The smallest absolute Gasteiger partial charge is 0.743 e. The Morgan fingerprint density at radius 2 is 0.968 bits per heavy atom. The van der Waals surface area contributed by atoms with Gasteiger partial charge < -0.3 is 4.55 Å². The van der Waals surface area contributed by atoms with E-state index in [0.717, 1.165) is 0 Å². The van der Waals surface area contributed by atoms with Crippen LogP contribution in [-0.4, -0.2) is 60.2 Å². The Morgan fingerprint density at radius 1 is 0.645 bits per heavy atom. The first kappa shape index (κ1) is 32.6. The van der Waals surface area contributed by atoms with Crippen molar-refractivity contribution in [1.82, 2.24) is 0 Å². The van der Waals surface area contributed by atoms with Crippen molar-refractivity contribution in [2.24, 2.45) is 0 Å². The van der Waals surface area contributed by atoms with Gasteiger partial charge in [-0.3, -0.25) is 0 Å². The molecule has 21 heteroatoms. The summed E-state index contributed by atoms with van der Waals surface area (Å²) in [5.41, 5.74) is 0. The molecule has 0 aromatic carbocycles. The molecular weight excluding hydrogens is 511 g/mol. The maximum Gasteiger partial charge on any atom is 1.00 e. The van der Waals surface area contributed by atoms with Gasteiger partial charge in [-0.25, -0.2) is 12.8 Å². The monoisotopic (exact) mass is 516 g/mol. The van der Waals surface area contributed by atoms with Crippen LogP contribution >= 0.6 is 0 Å². The first-order valence-electron chi connectivity index (χ1n) is 6.56. The number of alkyl halides is 16. The van der Waals surface area contributed by atoms with E-state index in [1.165, 1.54) is 0 Å². The van der Waals surface area contributed by atoms with Crippen molar-refractivity contribution < 1.29 is 102 Å². The van der Waals surface area contributed by atoms with Crippen molar-refractivity contribution in [1.29, 1.82) is 0 Å². The van der Waals surface area contributed by atoms with Gasteiger partial charge in [0.25, 0.3) is 0 Å². The van der Waals surface area contributed by atoms with Crippen molar-refractivity contribution in [3.8, 4) is 0 Å². The second-order valence-corrected chi connectivity index (χ2v) is 6.93. The maximum atomic E-state index is 13.3. The zero-order valence-corrected chi connectivity index (χ0v) is 15.0. The maximum absolute atomic E-state index is 13.3. The molecule has 3 nitrogen and oxygen atoms in total. The van der Waals surface area contributed by atoms with E-state index in [4.69, 9.17) is 0 Å². The minimum Gasteiger partial charge on any atom is -0.743 e. The summed E-state index contributed by atoms with van der Waals surface area (Å²) in [5, 5.41) is -7.77. The summed E-state index contributed by atoms with van der Waals surface area (Å²) in [4.78, 5) is 0. The van der Waals surface area contributed by atoms with E-state index >= 15 is 0 Å². The molecule has 31 heavy (non-hydrogen) atoms. The van der Waals surface area contributed by atoms with E-state index in [2.05, 4.69) is 0 Å². The van der Waals surface area contributed by atoms with Gasteiger partial charge in [-0.15, -0.1) is 0 Å². The molecule has 182 valence electrons. The fourth-order valence-electron chi connectivity index (χ4n) is 1.61. The number of halogens is 16. The summed E-state index contributed by atoms with van der Waals surface area (Å²) >= 11 is 0. The van der Waals surface area contributed by atoms with Gasteiger partial charge in [0.15, 0.2) is 16.3 Å². The Balaban J connectivity index is 0. The van der Waals surface area contributed by atoms with Crippen molar-refractivity contribution in [3.05, 3.63) is 0 Å². The minimum atomic E-state index is -8.47. The second kappa shape index (κ2) is 8.63. The quantitative estimate of drug-likeness (QED) is 0.268. The Morgan fingerprint density at radius 3 is 1.26 bits per heavy atom. The minimum absolute atomic E-state index is 0. The molecule has 0 heterocycles. The Kier molecular flexibility index (Phi) is 9.06. The van der Waals surface area contributed by atoms with Crippen LogP contribution in [0.5, 0.6) is 0 Å². The van der Waals surface area contributed by atoms with E-state index in [-0.39, 0.29) is 18.9 Å². The SMILES string of the molecule is O=S(=O)([O-])C(F)(F)C(F)(F)C(F)(F)C(F)(F)C(F)(F)C(F)(F)C(F)CCC(F)(F)F.[Li+]. The first-order valence-corrected chi connectivity index (χ1v) is 7.97. The molecule has 1 atom stereocenters. The third-order valence-corrected chi connectivity index (χ3v) is 4.24. The molecule has 0 aromatic rings. The molecular formula is C10H5F16LiO3S. The van der Waals surface area contributed by atoms with Crippen molar-refractivity contribution >= 4 is 10.1 Å². The molecule has 0 rings (SSSR count).